The van der Waals surface area contributed by atoms with E-state index in [9.17, 15) is 9.59 Å². The van der Waals surface area contributed by atoms with Gasteiger partial charge in [0.15, 0.2) is 6.61 Å². The fraction of sp³-hybridized carbons (Fsp3) is 0.0800. The van der Waals surface area contributed by atoms with Crippen LogP contribution in [0.1, 0.15) is 12.5 Å². The average molecular weight is 515 g/mol. The number of amides is 2. The maximum atomic E-state index is 12.9. The van der Waals surface area contributed by atoms with Crippen molar-refractivity contribution in [1.82, 2.24) is 0 Å². The Morgan fingerprint density at radius 3 is 2.47 bits per heavy atom. The highest BCUT2D eigenvalue weighted by atomic mass is 35.5. The molecule has 1 N–H and O–H groups in total. The standard InChI is InChI=1S/C25H18Cl3N3O3/c1-15-19(25(33)31(30-15)18-5-3-2-4-6-18)11-16-7-10-23(22(28)12-16)34-14-24(32)29-17-8-9-20(26)21(27)13-17/h2-13H,14H2,1H3,(H,29,32)/b19-11-. The van der Waals surface area contributed by atoms with E-state index in [1.54, 1.807) is 49.4 Å². The molecular formula is C25H18Cl3N3O3. The summed E-state index contributed by atoms with van der Waals surface area (Å²) in [5, 5.41) is 9.44. The molecule has 0 bridgehead atoms. The van der Waals surface area contributed by atoms with Gasteiger partial charge in [-0.1, -0.05) is 59.1 Å². The lowest BCUT2D eigenvalue weighted by molar-refractivity contribution is -0.118. The van der Waals surface area contributed by atoms with Crippen LogP contribution < -0.4 is 15.1 Å². The second-order valence-corrected chi connectivity index (χ2v) is 8.57. The molecule has 6 nitrogen and oxygen atoms in total. The van der Waals surface area contributed by atoms with Gasteiger partial charge in [0.2, 0.25) is 0 Å². The Morgan fingerprint density at radius 2 is 1.76 bits per heavy atom. The van der Waals surface area contributed by atoms with Crippen LogP contribution in [0, 0.1) is 0 Å². The number of hydrogen-bond acceptors (Lipinski definition) is 4. The van der Waals surface area contributed by atoms with Gasteiger partial charge in [-0.3, -0.25) is 9.59 Å². The summed E-state index contributed by atoms with van der Waals surface area (Å²) in [5.41, 5.74) is 2.96. The molecule has 1 aliphatic rings. The number of nitrogens with zero attached hydrogens (tertiary/aromatic N) is 2. The van der Waals surface area contributed by atoms with Crippen LogP contribution in [-0.2, 0) is 9.59 Å². The van der Waals surface area contributed by atoms with Gasteiger partial charge >= 0.3 is 0 Å². The van der Waals surface area contributed by atoms with Crippen molar-refractivity contribution in [2.24, 2.45) is 5.10 Å². The van der Waals surface area contributed by atoms with E-state index in [2.05, 4.69) is 10.4 Å². The molecule has 2 amide bonds. The van der Waals surface area contributed by atoms with Gasteiger partial charge in [0.05, 0.1) is 32.0 Å². The van der Waals surface area contributed by atoms with Crippen LogP contribution >= 0.6 is 34.8 Å². The summed E-state index contributed by atoms with van der Waals surface area (Å²) in [7, 11) is 0. The SMILES string of the molecule is CC1=NN(c2ccccc2)C(=O)/C1=C\c1ccc(OCC(=O)Nc2ccc(Cl)c(Cl)c2)c(Cl)c1. The summed E-state index contributed by atoms with van der Waals surface area (Å²) < 4.78 is 5.54. The number of rotatable bonds is 6. The molecule has 0 fully saturated rings. The number of hydrazone groups is 1. The van der Waals surface area contributed by atoms with Gasteiger partial charge in [-0.05, 0) is 61.0 Å². The molecule has 0 radical (unpaired) electrons. The zero-order valence-corrected chi connectivity index (χ0v) is 20.2. The molecule has 0 unspecified atom stereocenters. The van der Waals surface area contributed by atoms with Gasteiger partial charge in [-0.15, -0.1) is 0 Å². The highest BCUT2D eigenvalue weighted by Gasteiger charge is 2.28. The summed E-state index contributed by atoms with van der Waals surface area (Å²) in [4.78, 5) is 25.1. The molecule has 0 spiro atoms. The number of carbonyl (C=O) groups is 2. The Kier molecular flexibility index (Phi) is 7.22. The zero-order valence-electron chi connectivity index (χ0n) is 17.9. The van der Waals surface area contributed by atoms with Gasteiger partial charge in [-0.2, -0.15) is 10.1 Å². The van der Waals surface area contributed by atoms with Crippen molar-refractivity contribution >= 4 is 69.8 Å². The third-order valence-electron chi connectivity index (χ3n) is 4.89. The average Bonchev–Trinajstić information content (AvgIpc) is 3.10. The maximum absolute atomic E-state index is 12.9. The first-order valence-corrected chi connectivity index (χ1v) is 11.3. The smallest absolute Gasteiger partial charge is 0.280 e. The molecule has 4 rings (SSSR count). The Balaban J connectivity index is 1.41. The Morgan fingerprint density at radius 1 is 1.00 bits per heavy atom. The normalized spacial score (nSPS) is 14.4. The highest BCUT2D eigenvalue weighted by molar-refractivity contribution is 6.42. The van der Waals surface area contributed by atoms with Crippen LogP contribution in [0.4, 0.5) is 11.4 Å². The highest BCUT2D eigenvalue weighted by Crippen LogP contribution is 2.29. The second kappa shape index (κ2) is 10.3. The molecule has 0 aromatic heterocycles. The number of hydrogen-bond donors (Lipinski definition) is 1. The monoisotopic (exact) mass is 513 g/mol. The van der Waals surface area contributed by atoms with Crippen molar-refractivity contribution in [3.05, 3.63) is 92.9 Å². The minimum atomic E-state index is -0.384. The lowest BCUT2D eigenvalue weighted by Crippen LogP contribution is -2.21. The summed E-state index contributed by atoms with van der Waals surface area (Å²) >= 11 is 18.2. The Labute approximate surface area is 211 Å². The first-order valence-electron chi connectivity index (χ1n) is 10.2. The van der Waals surface area contributed by atoms with Crippen LogP contribution in [0.15, 0.2) is 77.4 Å². The van der Waals surface area contributed by atoms with Crippen molar-refractivity contribution in [3.8, 4) is 5.75 Å². The number of halogens is 3. The number of ether oxygens (including phenoxy) is 1. The molecule has 0 atom stereocenters. The van der Waals surface area contributed by atoms with E-state index in [1.165, 1.54) is 5.01 Å². The van der Waals surface area contributed by atoms with Crippen LogP contribution in [0.3, 0.4) is 0 Å². The quantitative estimate of drug-likeness (QED) is 0.383. The van der Waals surface area contributed by atoms with Gasteiger partial charge in [0.25, 0.3) is 11.8 Å². The van der Waals surface area contributed by atoms with Crippen LogP contribution in [0.2, 0.25) is 15.1 Å². The van der Waals surface area contributed by atoms with E-state index >= 15 is 0 Å². The second-order valence-electron chi connectivity index (χ2n) is 7.35. The molecule has 0 aliphatic carbocycles. The van der Waals surface area contributed by atoms with Crippen LogP contribution in [-0.4, -0.2) is 24.1 Å². The molecule has 0 saturated heterocycles. The molecule has 3 aromatic carbocycles. The van der Waals surface area contributed by atoms with E-state index in [1.807, 2.05) is 30.3 Å². The van der Waals surface area contributed by atoms with Crippen molar-refractivity contribution in [2.45, 2.75) is 6.92 Å². The lowest BCUT2D eigenvalue weighted by atomic mass is 10.1. The summed E-state index contributed by atoms with van der Waals surface area (Å²) in [6.07, 6.45) is 1.72. The number of benzene rings is 3. The summed E-state index contributed by atoms with van der Waals surface area (Å²) in [6, 6.07) is 19.0. The third-order valence-corrected chi connectivity index (χ3v) is 5.93. The number of nitrogens with one attached hydrogen (secondary N) is 1. The van der Waals surface area contributed by atoms with Crippen molar-refractivity contribution < 1.29 is 14.3 Å². The maximum Gasteiger partial charge on any atom is 0.280 e. The molecule has 0 saturated carbocycles. The Bertz CT molecular complexity index is 1320. The van der Waals surface area contributed by atoms with Gasteiger partial charge in [0, 0.05) is 5.69 Å². The van der Waals surface area contributed by atoms with Crippen molar-refractivity contribution in [3.63, 3.8) is 0 Å². The number of anilines is 2. The molecule has 1 heterocycles. The van der Waals surface area contributed by atoms with Crippen LogP contribution in [0.25, 0.3) is 6.08 Å². The summed E-state index contributed by atoms with van der Waals surface area (Å²) in [5.74, 6) is -0.272. The third kappa shape index (κ3) is 5.42. The zero-order chi connectivity index (χ0) is 24.2. The topological polar surface area (TPSA) is 71.0 Å². The lowest BCUT2D eigenvalue weighted by Gasteiger charge is -2.11. The van der Waals surface area contributed by atoms with E-state index in [4.69, 9.17) is 39.5 Å². The predicted octanol–water partition coefficient (Wildman–Crippen LogP) is 6.47. The molecule has 3 aromatic rings. The van der Waals surface area contributed by atoms with E-state index in [-0.39, 0.29) is 18.4 Å². The minimum absolute atomic E-state index is 0.223. The largest absolute Gasteiger partial charge is 0.482 e. The first-order chi connectivity index (χ1) is 16.3. The van der Waals surface area contributed by atoms with Gasteiger partial charge < -0.3 is 10.1 Å². The number of carbonyl (C=O) groups excluding carboxylic acids is 2. The molecule has 172 valence electrons. The van der Waals surface area contributed by atoms with Gasteiger partial charge in [-0.25, -0.2) is 0 Å². The fourth-order valence-electron chi connectivity index (χ4n) is 3.23. The first kappa shape index (κ1) is 23.8. The number of para-hydroxylation sites is 1. The molecule has 9 heteroatoms. The van der Waals surface area contributed by atoms with Gasteiger partial charge in [0.1, 0.15) is 5.75 Å². The van der Waals surface area contributed by atoms with E-state index < -0.39 is 0 Å². The minimum Gasteiger partial charge on any atom is -0.482 e. The van der Waals surface area contributed by atoms with Crippen molar-refractivity contribution in [2.75, 3.05) is 16.9 Å². The van der Waals surface area contributed by atoms with Crippen molar-refractivity contribution in [1.29, 1.82) is 0 Å². The van der Waals surface area contributed by atoms with Crippen LogP contribution in [0.5, 0.6) is 5.75 Å². The predicted molar refractivity (Wildman–Crippen MR) is 137 cm³/mol. The molecule has 34 heavy (non-hydrogen) atoms. The summed E-state index contributed by atoms with van der Waals surface area (Å²) in [6.45, 7) is 1.52. The fourth-order valence-corrected chi connectivity index (χ4v) is 3.77. The Hall–Kier alpha value is -3.32. The molecular weight excluding hydrogens is 497 g/mol. The molecule has 1 aliphatic heterocycles. The van der Waals surface area contributed by atoms with E-state index in [0.717, 1.165) is 0 Å². The van der Waals surface area contributed by atoms with E-state index in [0.29, 0.717) is 49.0 Å².